The third-order valence-electron chi connectivity index (χ3n) is 5.11. The Labute approximate surface area is 178 Å². The van der Waals surface area contributed by atoms with Crippen molar-refractivity contribution in [2.45, 2.75) is 26.4 Å². The van der Waals surface area contributed by atoms with E-state index in [1.54, 1.807) is 19.3 Å². The summed E-state index contributed by atoms with van der Waals surface area (Å²) in [6, 6.07) is 16.8. The number of carbonyl (C=O) groups excluding carboxylic acids is 1. The molecule has 8 heteroatoms. The Bertz CT molecular complexity index is 1370. The van der Waals surface area contributed by atoms with Gasteiger partial charge in [0.05, 0.1) is 12.1 Å². The van der Waals surface area contributed by atoms with Crippen LogP contribution in [0, 0.1) is 0 Å². The van der Waals surface area contributed by atoms with E-state index in [1.807, 2.05) is 55.5 Å². The number of benzene rings is 2. The van der Waals surface area contributed by atoms with E-state index in [9.17, 15) is 14.4 Å². The first-order valence-corrected chi connectivity index (χ1v) is 10.1. The number of hydrogen-bond acceptors (Lipinski definition) is 4. The molecule has 8 nitrogen and oxygen atoms in total. The van der Waals surface area contributed by atoms with Crippen molar-refractivity contribution < 1.29 is 4.79 Å². The molecule has 0 saturated heterocycles. The maximum Gasteiger partial charge on any atom is 0.332 e. The van der Waals surface area contributed by atoms with Crippen molar-refractivity contribution in [1.29, 1.82) is 0 Å². The molecule has 0 unspecified atom stereocenters. The van der Waals surface area contributed by atoms with Gasteiger partial charge in [-0.15, -0.1) is 0 Å². The zero-order chi connectivity index (χ0) is 22.0. The number of anilines is 1. The molecule has 31 heavy (non-hydrogen) atoms. The van der Waals surface area contributed by atoms with Crippen LogP contribution in [0.3, 0.4) is 0 Å². The summed E-state index contributed by atoms with van der Waals surface area (Å²) in [7, 11) is 1.67. The third-order valence-corrected chi connectivity index (χ3v) is 5.11. The molecule has 0 aliphatic heterocycles. The van der Waals surface area contributed by atoms with Crippen LogP contribution in [0.4, 0.5) is 5.69 Å². The van der Waals surface area contributed by atoms with Gasteiger partial charge in [0.1, 0.15) is 6.54 Å². The van der Waals surface area contributed by atoms with Crippen molar-refractivity contribution in [3.8, 4) is 0 Å². The highest BCUT2D eigenvalue weighted by Crippen LogP contribution is 2.12. The predicted molar refractivity (Wildman–Crippen MR) is 119 cm³/mol. The predicted octanol–water partition coefficient (Wildman–Crippen LogP) is 2.15. The Morgan fingerprint density at radius 3 is 2.48 bits per heavy atom. The number of aromatic nitrogens is 4. The monoisotopic (exact) mass is 417 g/mol. The number of amides is 1. The van der Waals surface area contributed by atoms with E-state index in [4.69, 9.17) is 0 Å². The van der Waals surface area contributed by atoms with Gasteiger partial charge in [-0.2, -0.15) is 5.10 Å². The Balaban J connectivity index is 1.73. The number of nitrogens with zero attached hydrogens (tertiary/aromatic N) is 4. The molecule has 4 aromatic rings. The first-order valence-electron chi connectivity index (χ1n) is 10.1. The number of carbonyl (C=O) groups is 1. The second-order valence-electron chi connectivity index (χ2n) is 7.38. The smallest absolute Gasteiger partial charge is 0.325 e. The molecule has 0 aliphatic carbocycles. The fraction of sp³-hybridized carbons (Fsp3) is 0.217. The van der Waals surface area contributed by atoms with Gasteiger partial charge < -0.3 is 5.32 Å². The minimum absolute atomic E-state index is 0.102. The molecule has 2 aromatic carbocycles. The molecular weight excluding hydrogens is 394 g/mol. The van der Waals surface area contributed by atoms with Crippen LogP contribution in [0.2, 0.25) is 0 Å². The molecule has 2 heterocycles. The van der Waals surface area contributed by atoms with Crippen LogP contribution in [-0.2, 0) is 31.4 Å². The quantitative estimate of drug-likeness (QED) is 0.520. The Morgan fingerprint density at radius 1 is 1.00 bits per heavy atom. The van der Waals surface area contributed by atoms with Crippen molar-refractivity contribution in [3.63, 3.8) is 0 Å². The highest BCUT2D eigenvalue weighted by atomic mass is 16.2. The summed E-state index contributed by atoms with van der Waals surface area (Å²) in [5.41, 5.74) is 2.03. The van der Waals surface area contributed by atoms with Gasteiger partial charge in [0.25, 0.3) is 5.56 Å². The van der Waals surface area contributed by atoms with Crippen LogP contribution < -0.4 is 16.6 Å². The van der Waals surface area contributed by atoms with E-state index in [0.717, 1.165) is 22.1 Å². The van der Waals surface area contributed by atoms with Crippen LogP contribution in [0.1, 0.15) is 18.1 Å². The van der Waals surface area contributed by atoms with E-state index in [0.29, 0.717) is 11.2 Å². The lowest BCUT2D eigenvalue weighted by atomic mass is 10.1. The van der Waals surface area contributed by atoms with Gasteiger partial charge in [0.15, 0.2) is 5.52 Å². The Hall–Kier alpha value is -3.94. The summed E-state index contributed by atoms with van der Waals surface area (Å²) < 4.78 is 3.89. The zero-order valence-corrected chi connectivity index (χ0v) is 17.4. The maximum absolute atomic E-state index is 13.2. The second-order valence-corrected chi connectivity index (χ2v) is 7.38. The standard InChI is InChI=1S/C23H23N5O3/c1-3-16-10-7-11-18(12-16)24-20(29)15-27-19-14-26(2)25-21(19)22(30)28(23(27)31)13-17-8-5-4-6-9-17/h4-12,14H,3,13,15H2,1-2H3,(H,24,29). The average Bonchev–Trinajstić information content (AvgIpc) is 3.17. The number of aryl methyl sites for hydroxylation is 2. The molecule has 0 spiro atoms. The van der Waals surface area contributed by atoms with Crippen molar-refractivity contribution in [2.75, 3.05) is 5.32 Å². The van der Waals surface area contributed by atoms with E-state index in [2.05, 4.69) is 10.4 Å². The topological polar surface area (TPSA) is 90.9 Å². The lowest BCUT2D eigenvalue weighted by Crippen LogP contribution is -2.41. The van der Waals surface area contributed by atoms with E-state index >= 15 is 0 Å². The van der Waals surface area contributed by atoms with Crippen molar-refractivity contribution in [1.82, 2.24) is 18.9 Å². The number of hydrogen-bond donors (Lipinski definition) is 1. The fourth-order valence-corrected chi connectivity index (χ4v) is 3.56. The van der Waals surface area contributed by atoms with Gasteiger partial charge in [-0.1, -0.05) is 49.4 Å². The molecule has 0 aliphatic rings. The lowest BCUT2D eigenvalue weighted by molar-refractivity contribution is -0.116. The molecule has 2 aromatic heterocycles. The molecule has 0 saturated carbocycles. The average molecular weight is 417 g/mol. The van der Waals surface area contributed by atoms with Crippen LogP contribution in [0.25, 0.3) is 11.0 Å². The Morgan fingerprint density at radius 2 is 1.74 bits per heavy atom. The summed E-state index contributed by atoms with van der Waals surface area (Å²) in [5, 5.41) is 7.06. The molecule has 0 atom stereocenters. The van der Waals surface area contributed by atoms with Gasteiger partial charge in [-0.25, -0.2) is 4.79 Å². The first kappa shape index (κ1) is 20.3. The van der Waals surface area contributed by atoms with Crippen LogP contribution in [0.15, 0.2) is 70.4 Å². The summed E-state index contributed by atoms with van der Waals surface area (Å²) in [6.45, 7) is 1.91. The maximum atomic E-state index is 13.2. The molecule has 4 rings (SSSR count). The van der Waals surface area contributed by atoms with Crippen molar-refractivity contribution in [3.05, 3.63) is 92.8 Å². The van der Waals surface area contributed by atoms with Gasteiger partial charge in [0, 0.05) is 18.9 Å². The van der Waals surface area contributed by atoms with Gasteiger partial charge in [-0.3, -0.25) is 23.4 Å². The Kier molecular flexibility index (Phi) is 5.53. The first-order chi connectivity index (χ1) is 15.0. The van der Waals surface area contributed by atoms with E-state index < -0.39 is 11.2 Å². The highest BCUT2D eigenvalue weighted by molar-refractivity contribution is 5.91. The SMILES string of the molecule is CCc1cccc(NC(=O)Cn2c(=O)n(Cc3ccccc3)c(=O)c3nn(C)cc32)c1. The summed E-state index contributed by atoms with van der Waals surface area (Å²) in [4.78, 5) is 38.9. The summed E-state index contributed by atoms with van der Waals surface area (Å²) >= 11 is 0. The van der Waals surface area contributed by atoms with Crippen LogP contribution >= 0.6 is 0 Å². The molecule has 1 amide bonds. The molecule has 0 radical (unpaired) electrons. The van der Waals surface area contributed by atoms with E-state index in [-0.39, 0.29) is 24.5 Å². The molecular formula is C23H23N5O3. The normalized spacial score (nSPS) is 11.0. The number of nitrogens with one attached hydrogen (secondary N) is 1. The number of fused-ring (bicyclic) bond motifs is 1. The third kappa shape index (κ3) is 4.18. The summed E-state index contributed by atoms with van der Waals surface area (Å²) in [6.07, 6.45) is 2.43. The van der Waals surface area contributed by atoms with Crippen LogP contribution in [0.5, 0.6) is 0 Å². The largest absolute Gasteiger partial charge is 0.332 e. The van der Waals surface area contributed by atoms with Gasteiger partial charge in [-0.05, 0) is 29.7 Å². The number of rotatable bonds is 6. The minimum atomic E-state index is -0.549. The zero-order valence-electron chi connectivity index (χ0n) is 17.4. The van der Waals surface area contributed by atoms with E-state index in [1.165, 1.54) is 9.25 Å². The second kappa shape index (κ2) is 8.43. The molecule has 0 fully saturated rings. The molecule has 1 N–H and O–H groups in total. The highest BCUT2D eigenvalue weighted by Gasteiger charge is 2.18. The van der Waals surface area contributed by atoms with Crippen molar-refractivity contribution >= 4 is 22.6 Å². The fourth-order valence-electron chi connectivity index (χ4n) is 3.56. The molecule has 0 bridgehead atoms. The van der Waals surface area contributed by atoms with Gasteiger partial charge >= 0.3 is 5.69 Å². The van der Waals surface area contributed by atoms with Crippen LogP contribution in [-0.4, -0.2) is 24.8 Å². The van der Waals surface area contributed by atoms with Gasteiger partial charge in [0.2, 0.25) is 5.91 Å². The lowest BCUT2D eigenvalue weighted by Gasteiger charge is -2.12. The minimum Gasteiger partial charge on any atom is -0.325 e. The van der Waals surface area contributed by atoms with Crippen molar-refractivity contribution in [2.24, 2.45) is 7.05 Å². The molecule has 158 valence electrons. The summed E-state index contributed by atoms with van der Waals surface area (Å²) in [5.74, 6) is -0.356.